The molecule has 0 saturated carbocycles. The van der Waals surface area contributed by atoms with Crippen LogP contribution in [0.5, 0.6) is 0 Å². The summed E-state index contributed by atoms with van der Waals surface area (Å²) in [5.41, 5.74) is 0.0885. The zero-order valence-electron chi connectivity index (χ0n) is 9.64. The third-order valence-corrected chi connectivity index (χ3v) is 2.83. The molecule has 0 aromatic heterocycles. The van der Waals surface area contributed by atoms with Crippen molar-refractivity contribution in [2.24, 2.45) is 5.41 Å². The quantitative estimate of drug-likeness (QED) is 0.660. The SMILES string of the molecule is CCCN(CC)CC(C)(CC)CO. The summed E-state index contributed by atoms with van der Waals surface area (Å²) < 4.78 is 0. The van der Waals surface area contributed by atoms with Gasteiger partial charge in [-0.2, -0.15) is 0 Å². The maximum absolute atomic E-state index is 9.27. The van der Waals surface area contributed by atoms with Gasteiger partial charge in [0, 0.05) is 18.6 Å². The van der Waals surface area contributed by atoms with Crippen LogP contribution in [0.4, 0.5) is 0 Å². The highest BCUT2D eigenvalue weighted by atomic mass is 16.3. The summed E-state index contributed by atoms with van der Waals surface area (Å²) in [7, 11) is 0. The smallest absolute Gasteiger partial charge is 0.0496 e. The Hall–Kier alpha value is -0.0800. The van der Waals surface area contributed by atoms with Gasteiger partial charge in [0.25, 0.3) is 0 Å². The second kappa shape index (κ2) is 6.39. The molecule has 1 unspecified atom stereocenters. The fourth-order valence-electron chi connectivity index (χ4n) is 1.48. The van der Waals surface area contributed by atoms with Crippen molar-refractivity contribution in [1.82, 2.24) is 4.90 Å². The molecule has 1 N–H and O–H groups in total. The molecule has 0 amide bonds. The van der Waals surface area contributed by atoms with E-state index in [1.807, 2.05) is 0 Å². The number of hydrogen-bond acceptors (Lipinski definition) is 2. The van der Waals surface area contributed by atoms with Crippen LogP contribution in [0.3, 0.4) is 0 Å². The predicted molar refractivity (Wildman–Crippen MR) is 57.9 cm³/mol. The van der Waals surface area contributed by atoms with Crippen molar-refractivity contribution in [2.75, 3.05) is 26.2 Å². The maximum atomic E-state index is 9.27. The van der Waals surface area contributed by atoms with Gasteiger partial charge in [-0.3, -0.25) is 0 Å². The van der Waals surface area contributed by atoms with E-state index >= 15 is 0 Å². The highest BCUT2D eigenvalue weighted by Gasteiger charge is 2.23. The molecule has 0 aliphatic carbocycles. The van der Waals surface area contributed by atoms with Gasteiger partial charge in [-0.05, 0) is 25.9 Å². The van der Waals surface area contributed by atoms with Crippen molar-refractivity contribution in [3.63, 3.8) is 0 Å². The van der Waals surface area contributed by atoms with Crippen molar-refractivity contribution >= 4 is 0 Å². The molecular formula is C11H25NO. The van der Waals surface area contributed by atoms with Gasteiger partial charge in [0.1, 0.15) is 0 Å². The van der Waals surface area contributed by atoms with Gasteiger partial charge >= 0.3 is 0 Å². The van der Waals surface area contributed by atoms with Crippen LogP contribution < -0.4 is 0 Å². The molecule has 2 heteroatoms. The zero-order valence-corrected chi connectivity index (χ0v) is 9.64. The number of nitrogens with zero attached hydrogens (tertiary/aromatic N) is 1. The Bertz CT molecular complexity index is 121. The van der Waals surface area contributed by atoms with E-state index in [-0.39, 0.29) is 5.41 Å². The molecule has 0 bridgehead atoms. The maximum Gasteiger partial charge on any atom is 0.0496 e. The molecule has 0 aliphatic rings. The van der Waals surface area contributed by atoms with Crippen molar-refractivity contribution in [3.8, 4) is 0 Å². The molecule has 80 valence electrons. The lowest BCUT2D eigenvalue weighted by molar-refractivity contribution is 0.0869. The Morgan fingerprint density at radius 1 is 1.23 bits per heavy atom. The van der Waals surface area contributed by atoms with Crippen LogP contribution in [0, 0.1) is 5.41 Å². The Kier molecular flexibility index (Phi) is 6.35. The third kappa shape index (κ3) is 4.63. The van der Waals surface area contributed by atoms with Gasteiger partial charge in [0.05, 0.1) is 0 Å². The molecular weight excluding hydrogens is 162 g/mol. The summed E-state index contributed by atoms with van der Waals surface area (Å²) in [6.45, 7) is 12.2. The van der Waals surface area contributed by atoms with Gasteiger partial charge in [-0.25, -0.2) is 0 Å². The third-order valence-electron chi connectivity index (χ3n) is 2.83. The Morgan fingerprint density at radius 3 is 2.15 bits per heavy atom. The summed E-state index contributed by atoms with van der Waals surface area (Å²) in [6, 6.07) is 0. The van der Waals surface area contributed by atoms with Crippen molar-refractivity contribution < 1.29 is 5.11 Å². The first kappa shape index (κ1) is 12.9. The molecule has 13 heavy (non-hydrogen) atoms. The van der Waals surface area contributed by atoms with Crippen LogP contribution in [0.1, 0.15) is 40.5 Å². The summed E-state index contributed by atoms with van der Waals surface area (Å²) in [5, 5.41) is 9.27. The standard InChI is InChI=1S/C11H25NO/c1-5-8-12(7-3)9-11(4,6-2)10-13/h13H,5-10H2,1-4H3. The van der Waals surface area contributed by atoms with E-state index in [1.165, 1.54) is 6.42 Å². The van der Waals surface area contributed by atoms with Gasteiger partial charge in [-0.1, -0.05) is 27.7 Å². The van der Waals surface area contributed by atoms with Crippen LogP contribution in [0.2, 0.25) is 0 Å². The van der Waals surface area contributed by atoms with Crippen molar-refractivity contribution in [1.29, 1.82) is 0 Å². The van der Waals surface area contributed by atoms with Crippen LogP contribution >= 0.6 is 0 Å². The van der Waals surface area contributed by atoms with Crippen LogP contribution in [0.25, 0.3) is 0 Å². The number of aliphatic hydroxyl groups is 1. The van der Waals surface area contributed by atoms with Crippen LogP contribution in [0.15, 0.2) is 0 Å². The van der Waals surface area contributed by atoms with Gasteiger partial charge in [0.15, 0.2) is 0 Å². The lowest BCUT2D eigenvalue weighted by Crippen LogP contribution is -2.38. The molecule has 0 spiro atoms. The molecule has 2 nitrogen and oxygen atoms in total. The molecule has 0 heterocycles. The summed E-state index contributed by atoms with van der Waals surface area (Å²) >= 11 is 0. The van der Waals surface area contributed by atoms with E-state index in [1.54, 1.807) is 0 Å². The van der Waals surface area contributed by atoms with Gasteiger partial charge in [-0.15, -0.1) is 0 Å². The normalized spacial score (nSPS) is 16.2. The van der Waals surface area contributed by atoms with Gasteiger partial charge < -0.3 is 10.0 Å². The Balaban J connectivity index is 4.02. The molecule has 0 radical (unpaired) electrons. The number of rotatable bonds is 7. The average Bonchev–Trinajstić information content (AvgIpc) is 2.17. The first-order valence-electron chi connectivity index (χ1n) is 5.45. The minimum atomic E-state index is 0.0885. The van der Waals surface area contributed by atoms with E-state index < -0.39 is 0 Å². The average molecular weight is 187 g/mol. The molecule has 0 fully saturated rings. The highest BCUT2D eigenvalue weighted by molar-refractivity contribution is 4.75. The lowest BCUT2D eigenvalue weighted by atomic mass is 9.88. The van der Waals surface area contributed by atoms with Crippen molar-refractivity contribution in [3.05, 3.63) is 0 Å². The van der Waals surface area contributed by atoms with E-state index in [2.05, 4.69) is 32.6 Å². The second-order valence-corrected chi connectivity index (χ2v) is 4.19. The first-order chi connectivity index (χ1) is 6.11. The first-order valence-corrected chi connectivity index (χ1v) is 5.45. The largest absolute Gasteiger partial charge is 0.396 e. The Labute approximate surface area is 82.9 Å². The van der Waals surface area contributed by atoms with Gasteiger partial charge in [0.2, 0.25) is 0 Å². The van der Waals surface area contributed by atoms with E-state index in [0.29, 0.717) is 6.61 Å². The lowest BCUT2D eigenvalue weighted by Gasteiger charge is -2.32. The minimum absolute atomic E-state index is 0.0885. The molecule has 0 aromatic carbocycles. The topological polar surface area (TPSA) is 23.5 Å². The highest BCUT2D eigenvalue weighted by Crippen LogP contribution is 2.21. The molecule has 1 atom stereocenters. The fraction of sp³-hybridized carbons (Fsp3) is 1.00. The summed E-state index contributed by atoms with van der Waals surface area (Å²) in [4.78, 5) is 2.42. The molecule has 0 saturated heterocycles. The minimum Gasteiger partial charge on any atom is -0.396 e. The fourth-order valence-corrected chi connectivity index (χ4v) is 1.48. The predicted octanol–water partition coefficient (Wildman–Crippen LogP) is 2.13. The number of hydrogen-bond donors (Lipinski definition) is 1. The van der Waals surface area contributed by atoms with E-state index in [0.717, 1.165) is 26.1 Å². The zero-order chi connectivity index (χ0) is 10.3. The monoisotopic (exact) mass is 187 g/mol. The number of aliphatic hydroxyl groups excluding tert-OH is 1. The Morgan fingerprint density at radius 2 is 1.85 bits per heavy atom. The molecule has 0 rings (SSSR count). The summed E-state index contributed by atoms with van der Waals surface area (Å²) in [6.07, 6.45) is 2.24. The molecule has 0 aromatic rings. The second-order valence-electron chi connectivity index (χ2n) is 4.19. The summed E-state index contributed by atoms with van der Waals surface area (Å²) in [5.74, 6) is 0. The van der Waals surface area contributed by atoms with Crippen LogP contribution in [-0.4, -0.2) is 36.2 Å². The molecule has 0 aliphatic heterocycles. The van der Waals surface area contributed by atoms with E-state index in [4.69, 9.17) is 0 Å². The van der Waals surface area contributed by atoms with Crippen molar-refractivity contribution in [2.45, 2.75) is 40.5 Å². The van der Waals surface area contributed by atoms with Crippen LogP contribution in [-0.2, 0) is 0 Å². The van der Waals surface area contributed by atoms with E-state index in [9.17, 15) is 5.11 Å².